The predicted molar refractivity (Wildman–Crippen MR) is 74.3 cm³/mol. The number of benzene rings is 1. The van der Waals surface area contributed by atoms with Crippen LogP contribution in [0.15, 0.2) is 18.2 Å². The third kappa shape index (κ3) is 4.43. The number of rotatable bonds is 4. The summed E-state index contributed by atoms with van der Waals surface area (Å²) in [6.07, 6.45) is 1.43. The van der Waals surface area contributed by atoms with Crippen LogP contribution >= 0.6 is 0 Å². The van der Waals surface area contributed by atoms with Crippen molar-refractivity contribution in [2.45, 2.75) is 57.8 Å². The molecular formula is C16H21F4N. The van der Waals surface area contributed by atoms with Crippen LogP contribution in [0.2, 0.25) is 0 Å². The third-order valence-electron chi connectivity index (χ3n) is 4.32. The van der Waals surface area contributed by atoms with Crippen molar-refractivity contribution in [2.75, 3.05) is 0 Å². The van der Waals surface area contributed by atoms with Gasteiger partial charge >= 0.3 is 6.18 Å². The lowest BCUT2D eigenvalue weighted by atomic mass is 9.84. The first kappa shape index (κ1) is 16.3. The largest absolute Gasteiger partial charge is 0.419 e. The highest BCUT2D eigenvalue weighted by molar-refractivity contribution is 5.27. The quantitative estimate of drug-likeness (QED) is 0.780. The Morgan fingerprint density at radius 3 is 2.48 bits per heavy atom. The maximum atomic E-state index is 13.2. The van der Waals surface area contributed by atoms with Gasteiger partial charge in [0.05, 0.1) is 5.56 Å². The van der Waals surface area contributed by atoms with Crippen LogP contribution in [0.4, 0.5) is 17.6 Å². The van der Waals surface area contributed by atoms with Crippen LogP contribution in [0, 0.1) is 11.7 Å². The van der Waals surface area contributed by atoms with Crippen LogP contribution in [0.5, 0.6) is 0 Å². The second-order valence-corrected chi connectivity index (χ2v) is 5.88. The van der Waals surface area contributed by atoms with E-state index in [0.29, 0.717) is 18.0 Å². The minimum absolute atomic E-state index is 0.268. The average Bonchev–Trinajstić information content (AvgIpc) is 2.45. The summed E-state index contributed by atoms with van der Waals surface area (Å²) in [6, 6.07) is 3.47. The summed E-state index contributed by atoms with van der Waals surface area (Å²) >= 11 is 0. The Bertz CT molecular complexity index is 464. The van der Waals surface area contributed by atoms with Crippen LogP contribution in [0.25, 0.3) is 0 Å². The van der Waals surface area contributed by atoms with Gasteiger partial charge in [0.1, 0.15) is 5.82 Å². The molecule has 1 aromatic carbocycles. The average molecular weight is 303 g/mol. The van der Waals surface area contributed by atoms with E-state index in [1.165, 1.54) is 38.2 Å². The first-order chi connectivity index (χ1) is 9.88. The van der Waals surface area contributed by atoms with Crippen LogP contribution in [-0.4, -0.2) is 6.04 Å². The second kappa shape index (κ2) is 6.77. The molecule has 0 bridgehead atoms. The number of hydrogen-bond acceptors (Lipinski definition) is 1. The summed E-state index contributed by atoms with van der Waals surface area (Å²) in [6.45, 7) is 2.41. The molecule has 5 heteroatoms. The molecule has 1 fully saturated rings. The van der Waals surface area contributed by atoms with Gasteiger partial charge < -0.3 is 5.32 Å². The molecule has 1 aromatic rings. The molecule has 0 heterocycles. The number of hydrogen-bond donors (Lipinski definition) is 1. The monoisotopic (exact) mass is 303 g/mol. The lowest BCUT2D eigenvalue weighted by molar-refractivity contribution is -0.140. The smallest absolute Gasteiger partial charge is 0.310 e. The first-order valence-corrected chi connectivity index (χ1v) is 7.47. The van der Waals surface area contributed by atoms with E-state index in [0.717, 1.165) is 12.1 Å². The fourth-order valence-corrected chi connectivity index (χ4v) is 2.98. The van der Waals surface area contributed by atoms with Gasteiger partial charge in [-0.25, -0.2) is 4.39 Å². The highest BCUT2D eigenvalue weighted by atomic mass is 19.4. The molecular weight excluding hydrogens is 282 g/mol. The number of halogens is 4. The molecule has 0 spiro atoms. The second-order valence-electron chi connectivity index (χ2n) is 5.88. The SMILES string of the molecule is CC(NCc1ccc(F)c(C(F)(F)F)c1)C1CCCCC1. The minimum atomic E-state index is -4.64. The van der Waals surface area contributed by atoms with Crippen LogP contribution < -0.4 is 5.32 Å². The molecule has 1 nitrogen and oxygen atoms in total. The van der Waals surface area contributed by atoms with Crippen LogP contribution in [-0.2, 0) is 12.7 Å². The topological polar surface area (TPSA) is 12.0 Å². The Kier molecular flexibility index (Phi) is 5.25. The normalized spacial score (nSPS) is 18.7. The lowest BCUT2D eigenvalue weighted by Gasteiger charge is -2.28. The molecule has 0 radical (unpaired) electrons. The van der Waals surface area contributed by atoms with Crippen molar-refractivity contribution in [2.24, 2.45) is 5.92 Å². The maximum Gasteiger partial charge on any atom is 0.419 e. The van der Waals surface area contributed by atoms with Gasteiger partial charge in [0, 0.05) is 12.6 Å². The fraction of sp³-hybridized carbons (Fsp3) is 0.625. The van der Waals surface area contributed by atoms with Crippen molar-refractivity contribution in [1.82, 2.24) is 5.32 Å². The summed E-state index contributed by atoms with van der Waals surface area (Å²) in [7, 11) is 0. The molecule has 1 aliphatic rings. The summed E-state index contributed by atoms with van der Waals surface area (Å²) in [4.78, 5) is 0. The molecule has 1 unspecified atom stereocenters. The molecule has 1 N–H and O–H groups in total. The van der Waals surface area contributed by atoms with Crippen molar-refractivity contribution in [3.05, 3.63) is 35.1 Å². The number of nitrogens with one attached hydrogen (secondary N) is 1. The van der Waals surface area contributed by atoms with Crippen LogP contribution in [0.1, 0.15) is 50.2 Å². The van der Waals surface area contributed by atoms with E-state index >= 15 is 0 Å². The van der Waals surface area contributed by atoms with Crippen molar-refractivity contribution >= 4 is 0 Å². The van der Waals surface area contributed by atoms with E-state index in [9.17, 15) is 17.6 Å². The highest BCUT2D eigenvalue weighted by Gasteiger charge is 2.34. The predicted octanol–water partition coefficient (Wildman–Crippen LogP) is 4.90. The molecule has 0 amide bonds. The molecule has 1 saturated carbocycles. The van der Waals surface area contributed by atoms with Gasteiger partial charge in [-0.1, -0.05) is 25.3 Å². The lowest BCUT2D eigenvalue weighted by Crippen LogP contribution is -2.34. The summed E-state index contributed by atoms with van der Waals surface area (Å²) < 4.78 is 51.2. The van der Waals surface area contributed by atoms with Gasteiger partial charge in [0.25, 0.3) is 0 Å². The Morgan fingerprint density at radius 1 is 1.19 bits per heavy atom. The zero-order valence-corrected chi connectivity index (χ0v) is 12.1. The molecule has 0 aliphatic heterocycles. The van der Waals surface area contributed by atoms with Crippen molar-refractivity contribution < 1.29 is 17.6 Å². The summed E-state index contributed by atoms with van der Waals surface area (Å²) in [5.41, 5.74) is -0.724. The summed E-state index contributed by atoms with van der Waals surface area (Å²) in [5.74, 6) is -0.632. The maximum absolute atomic E-state index is 13.2. The van der Waals surface area contributed by atoms with E-state index < -0.39 is 17.6 Å². The third-order valence-corrected chi connectivity index (χ3v) is 4.32. The Labute approximate surface area is 122 Å². The fourth-order valence-electron chi connectivity index (χ4n) is 2.98. The molecule has 2 rings (SSSR count). The van der Waals surface area contributed by atoms with Gasteiger partial charge in [-0.15, -0.1) is 0 Å². The molecule has 118 valence electrons. The molecule has 21 heavy (non-hydrogen) atoms. The van der Waals surface area contributed by atoms with Gasteiger partial charge in [0.15, 0.2) is 0 Å². The summed E-state index contributed by atoms with van der Waals surface area (Å²) in [5, 5.41) is 3.28. The van der Waals surface area contributed by atoms with Gasteiger partial charge in [-0.05, 0) is 43.4 Å². The molecule has 1 atom stereocenters. The Hall–Kier alpha value is -1.10. The molecule has 0 aromatic heterocycles. The van der Waals surface area contributed by atoms with E-state index in [2.05, 4.69) is 12.2 Å². The van der Waals surface area contributed by atoms with E-state index in [1.54, 1.807) is 0 Å². The van der Waals surface area contributed by atoms with Crippen molar-refractivity contribution in [3.63, 3.8) is 0 Å². The Morgan fingerprint density at radius 2 is 1.86 bits per heavy atom. The first-order valence-electron chi connectivity index (χ1n) is 7.47. The van der Waals surface area contributed by atoms with Gasteiger partial charge in [0.2, 0.25) is 0 Å². The van der Waals surface area contributed by atoms with E-state index in [1.807, 2.05) is 0 Å². The minimum Gasteiger partial charge on any atom is -0.310 e. The zero-order chi connectivity index (χ0) is 15.5. The van der Waals surface area contributed by atoms with Crippen LogP contribution in [0.3, 0.4) is 0 Å². The molecule has 0 saturated heterocycles. The number of alkyl halides is 3. The Balaban J connectivity index is 1.96. The van der Waals surface area contributed by atoms with Gasteiger partial charge in [-0.2, -0.15) is 13.2 Å². The standard InChI is InChI=1S/C16H21F4N/c1-11(13-5-3-2-4-6-13)21-10-12-7-8-15(17)14(9-12)16(18,19)20/h7-9,11,13,21H,2-6,10H2,1H3. The zero-order valence-electron chi connectivity index (χ0n) is 12.1. The van der Waals surface area contributed by atoms with Crippen molar-refractivity contribution in [1.29, 1.82) is 0 Å². The van der Waals surface area contributed by atoms with Gasteiger partial charge in [-0.3, -0.25) is 0 Å². The molecule has 1 aliphatic carbocycles. The van der Waals surface area contributed by atoms with Crippen molar-refractivity contribution in [3.8, 4) is 0 Å². The van der Waals surface area contributed by atoms with E-state index in [4.69, 9.17) is 0 Å². The highest BCUT2D eigenvalue weighted by Crippen LogP contribution is 2.32. The van der Waals surface area contributed by atoms with E-state index in [-0.39, 0.29) is 6.04 Å².